The van der Waals surface area contributed by atoms with Crippen molar-refractivity contribution >= 4 is 23.3 Å². The first-order chi connectivity index (χ1) is 8.97. The lowest BCUT2D eigenvalue weighted by Crippen LogP contribution is -2.47. The zero-order chi connectivity index (χ0) is 14.0. The van der Waals surface area contributed by atoms with Gasteiger partial charge >= 0.3 is 6.03 Å². The van der Waals surface area contributed by atoms with Crippen LogP contribution in [0.25, 0.3) is 0 Å². The predicted molar refractivity (Wildman–Crippen MR) is 71.8 cm³/mol. The first-order valence-corrected chi connectivity index (χ1v) is 6.54. The molecule has 1 aromatic carbocycles. The van der Waals surface area contributed by atoms with E-state index in [1.54, 1.807) is 0 Å². The number of likely N-dealkylation sites (tertiary alicyclic amines) is 1. The maximum atomic E-state index is 13.5. The molecule has 1 aromatic rings. The van der Waals surface area contributed by atoms with E-state index in [2.05, 4.69) is 5.32 Å². The Balaban J connectivity index is 2.01. The summed E-state index contributed by atoms with van der Waals surface area (Å²) in [5, 5.41) is 12.5. The maximum absolute atomic E-state index is 13.5. The second-order valence-corrected chi connectivity index (χ2v) is 5.27. The number of carbonyl (C=O) groups is 1. The zero-order valence-corrected chi connectivity index (χ0v) is 11.3. The van der Waals surface area contributed by atoms with E-state index < -0.39 is 18.0 Å². The number of nitrogens with zero attached hydrogens (tertiary/aromatic N) is 1. The fourth-order valence-electron chi connectivity index (χ4n) is 2.02. The third-order valence-corrected chi connectivity index (χ3v) is 3.61. The number of halogens is 2. The Hall–Kier alpha value is -1.33. The topological polar surface area (TPSA) is 52.6 Å². The van der Waals surface area contributed by atoms with E-state index in [9.17, 15) is 14.3 Å². The van der Waals surface area contributed by atoms with Crippen molar-refractivity contribution in [3.05, 3.63) is 29.0 Å². The summed E-state index contributed by atoms with van der Waals surface area (Å²) in [6, 6.07) is 3.66. The molecule has 1 saturated heterocycles. The van der Waals surface area contributed by atoms with Crippen molar-refractivity contribution in [3.8, 4) is 0 Å². The summed E-state index contributed by atoms with van der Waals surface area (Å²) in [5.41, 5.74) is 0.0857. The van der Waals surface area contributed by atoms with Crippen LogP contribution in [0, 0.1) is 11.7 Å². The summed E-state index contributed by atoms with van der Waals surface area (Å²) in [5.74, 6) is -0.400. The molecule has 19 heavy (non-hydrogen) atoms. The quantitative estimate of drug-likeness (QED) is 0.834. The van der Waals surface area contributed by atoms with Gasteiger partial charge in [-0.2, -0.15) is 0 Å². The molecule has 1 fully saturated rings. The Labute approximate surface area is 116 Å². The molecule has 6 heteroatoms. The number of rotatable bonds is 1. The highest BCUT2D eigenvalue weighted by molar-refractivity contribution is 6.30. The third-order valence-electron chi connectivity index (χ3n) is 3.38. The summed E-state index contributed by atoms with van der Waals surface area (Å²) < 4.78 is 13.5. The Bertz CT molecular complexity index is 484. The molecular formula is C13H16ClFN2O2. The van der Waals surface area contributed by atoms with Crippen molar-refractivity contribution in [2.24, 2.45) is 5.92 Å². The number of β-amino-alcohol motifs (C(OH)–C–C–N with tert-alkyl or cyclic N) is 1. The van der Waals surface area contributed by atoms with E-state index in [1.807, 2.05) is 6.92 Å². The summed E-state index contributed by atoms with van der Waals surface area (Å²) in [7, 11) is 0. The highest BCUT2D eigenvalue weighted by atomic mass is 35.5. The molecule has 2 N–H and O–H groups in total. The number of benzene rings is 1. The molecule has 1 heterocycles. The summed E-state index contributed by atoms with van der Waals surface area (Å²) in [6.45, 7) is 2.76. The second-order valence-electron chi connectivity index (χ2n) is 4.83. The largest absolute Gasteiger partial charge is 0.391 e. The molecule has 2 atom stereocenters. The van der Waals surface area contributed by atoms with Crippen LogP contribution in [0.4, 0.5) is 14.9 Å². The van der Waals surface area contributed by atoms with Crippen LogP contribution in [-0.4, -0.2) is 35.2 Å². The molecule has 0 aliphatic carbocycles. The smallest absolute Gasteiger partial charge is 0.322 e. The lowest BCUT2D eigenvalue weighted by Gasteiger charge is -2.34. The van der Waals surface area contributed by atoms with Crippen LogP contribution in [0.1, 0.15) is 13.3 Å². The van der Waals surface area contributed by atoms with Crippen molar-refractivity contribution in [2.75, 3.05) is 18.4 Å². The molecule has 2 unspecified atom stereocenters. The highest BCUT2D eigenvalue weighted by Crippen LogP contribution is 2.21. The molecule has 0 aromatic heterocycles. The molecule has 0 radical (unpaired) electrons. The fourth-order valence-corrected chi connectivity index (χ4v) is 2.18. The number of hydrogen-bond acceptors (Lipinski definition) is 2. The van der Waals surface area contributed by atoms with Gasteiger partial charge in [-0.05, 0) is 30.5 Å². The van der Waals surface area contributed by atoms with Crippen LogP contribution in [0.5, 0.6) is 0 Å². The number of amides is 2. The Kier molecular flexibility index (Phi) is 4.27. The van der Waals surface area contributed by atoms with Crippen molar-refractivity contribution in [1.82, 2.24) is 4.90 Å². The number of urea groups is 1. The van der Waals surface area contributed by atoms with Crippen molar-refractivity contribution in [1.29, 1.82) is 0 Å². The van der Waals surface area contributed by atoms with E-state index >= 15 is 0 Å². The van der Waals surface area contributed by atoms with E-state index in [-0.39, 0.29) is 23.2 Å². The molecule has 0 saturated carbocycles. The van der Waals surface area contributed by atoms with Gasteiger partial charge < -0.3 is 15.3 Å². The van der Waals surface area contributed by atoms with Crippen LogP contribution in [-0.2, 0) is 0 Å². The number of piperidine rings is 1. The van der Waals surface area contributed by atoms with Gasteiger partial charge in [-0.3, -0.25) is 0 Å². The minimum Gasteiger partial charge on any atom is -0.391 e. The Morgan fingerprint density at radius 1 is 1.58 bits per heavy atom. The zero-order valence-electron chi connectivity index (χ0n) is 10.6. The molecule has 104 valence electrons. The van der Waals surface area contributed by atoms with E-state index in [0.717, 1.165) is 12.5 Å². The molecule has 0 spiro atoms. The van der Waals surface area contributed by atoms with Gasteiger partial charge in [0.15, 0.2) is 0 Å². The summed E-state index contributed by atoms with van der Waals surface area (Å²) in [6.07, 6.45) is 0.201. The van der Waals surface area contributed by atoms with Gasteiger partial charge in [0.05, 0.1) is 11.8 Å². The van der Waals surface area contributed by atoms with Gasteiger partial charge in [0.1, 0.15) is 5.82 Å². The van der Waals surface area contributed by atoms with Gasteiger partial charge in [-0.1, -0.05) is 18.5 Å². The SMILES string of the molecule is CC1CCN(C(=O)Nc2ccc(Cl)cc2F)CC1O. The minimum absolute atomic E-state index is 0.0857. The van der Waals surface area contributed by atoms with Crippen molar-refractivity contribution in [2.45, 2.75) is 19.4 Å². The van der Waals surface area contributed by atoms with E-state index in [0.29, 0.717) is 6.54 Å². The average molecular weight is 287 g/mol. The highest BCUT2D eigenvalue weighted by Gasteiger charge is 2.27. The third kappa shape index (κ3) is 3.36. The fraction of sp³-hybridized carbons (Fsp3) is 0.462. The minimum atomic E-state index is -0.577. The summed E-state index contributed by atoms with van der Waals surface area (Å²) in [4.78, 5) is 13.4. The second kappa shape index (κ2) is 5.75. The lowest BCUT2D eigenvalue weighted by molar-refractivity contribution is 0.0463. The number of aliphatic hydroxyl groups excluding tert-OH is 1. The molecule has 2 rings (SSSR count). The van der Waals surface area contributed by atoms with Gasteiger partial charge in [0, 0.05) is 18.1 Å². The normalized spacial score (nSPS) is 23.3. The van der Waals surface area contributed by atoms with Crippen LogP contribution < -0.4 is 5.32 Å². The number of carbonyl (C=O) groups excluding carboxylic acids is 1. The maximum Gasteiger partial charge on any atom is 0.322 e. The summed E-state index contributed by atoms with van der Waals surface area (Å²) >= 11 is 5.64. The molecule has 4 nitrogen and oxygen atoms in total. The monoisotopic (exact) mass is 286 g/mol. The van der Waals surface area contributed by atoms with Crippen molar-refractivity contribution < 1.29 is 14.3 Å². The predicted octanol–water partition coefficient (Wildman–Crippen LogP) is 2.71. The first-order valence-electron chi connectivity index (χ1n) is 6.16. The van der Waals surface area contributed by atoms with Crippen molar-refractivity contribution in [3.63, 3.8) is 0 Å². The van der Waals surface area contributed by atoms with E-state index in [1.165, 1.54) is 17.0 Å². The number of aliphatic hydroxyl groups is 1. The molecule has 1 aliphatic rings. The van der Waals surface area contributed by atoms with Gasteiger partial charge in [-0.15, -0.1) is 0 Å². The van der Waals surface area contributed by atoms with Gasteiger partial charge in [-0.25, -0.2) is 9.18 Å². The number of nitrogens with one attached hydrogen (secondary N) is 1. The van der Waals surface area contributed by atoms with Gasteiger partial charge in [0.2, 0.25) is 0 Å². The first kappa shape index (κ1) is 14.1. The van der Waals surface area contributed by atoms with E-state index in [4.69, 9.17) is 11.6 Å². The van der Waals surface area contributed by atoms with Crippen LogP contribution >= 0.6 is 11.6 Å². The van der Waals surface area contributed by atoms with Gasteiger partial charge in [0.25, 0.3) is 0 Å². The molecular weight excluding hydrogens is 271 g/mol. The van der Waals surface area contributed by atoms with Crippen LogP contribution in [0.2, 0.25) is 5.02 Å². The molecule has 2 amide bonds. The van der Waals surface area contributed by atoms with Crippen LogP contribution in [0.3, 0.4) is 0 Å². The van der Waals surface area contributed by atoms with Crippen LogP contribution in [0.15, 0.2) is 18.2 Å². The lowest BCUT2D eigenvalue weighted by atomic mass is 9.96. The molecule has 0 bridgehead atoms. The average Bonchev–Trinajstić information content (AvgIpc) is 2.36. The Morgan fingerprint density at radius 3 is 2.95 bits per heavy atom. The number of hydrogen-bond donors (Lipinski definition) is 2. The standard InChI is InChI=1S/C13H16ClFN2O2/c1-8-4-5-17(7-12(8)18)13(19)16-11-3-2-9(14)6-10(11)15/h2-3,6,8,12,18H,4-5,7H2,1H3,(H,16,19). The molecule has 1 aliphatic heterocycles. The Morgan fingerprint density at radius 2 is 2.32 bits per heavy atom. The number of anilines is 1.